The van der Waals surface area contributed by atoms with Crippen molar-refractivity contribution in [2.24, 2.45) is 5.92 Å². The van der Waals surface area contributed by atoms with Gasteiger partial charge in [-0.25, -0.2) is 0 Å². The maximum absolute atomic E-state index is 3.57. The van der Waals surface area contributed by atoms with Crippen LogP contribution in [0.25, 0.3) is 0 Å². The van der Waals surface area contributed by atoms with Gasteiger partial charge in [-0.15, -0.1) is 11.3 Å². The third kappa shape index (κ3) is 4.87. The lowest BCUT2D eigenvalue weighted by molar-refractivity contribution is 0.118. The number of hydrogen-bond donors (Lipinski definition) is 1. The Morgan fingerprint density at radius 1 is 1.20 bits per heavy atom. The van der Waals surface area contributed by atoms with E-state index in [9.17, 15) is 0 Å². The Morgan fingerprint density at radius 2 is 1.90 bits per heavy atom. The van der Waals surface area contributed by atoms with E-state index in [1.54, 1.807) is 0 Å². The quantitative estimate of drug-likeness (QED) is 0.892. The molecule has 0 saturated carbocycles. The van der Waals surface area contributed by atoms with Gasteiger partial charge in [0.05, 0.1) is 0 Å². The van der Waals surface area contributed by atoms with Gasteiger partial charge in [-0.1, -0.05) is 6.92 Å². The standard InChI is InChI=1S/C17H30N2S/c1-13-6-7-14(2)19(11-13)12-16-9-8-15(20-16)10-18-17(3,4)5/h8-9,13-14,18H,6-7,10-12H2,1-5H3. The summed E-state index contributed by atoms with van der Waals surface area (Å²) in [6, 6.07) is 5.34. The average molecular weight is 295 g/mol. The molecule has 0 amide bonds. The van der Waals surface area contributed by atoms with Crippen molar-refractivity contribution in [3.05, 3.63) is 21.9 Å². The van der Waals surface area contributed by atoms with Crippen LogP contribution in [0.2, 0.25) is 0 Å². The molecule has 1 N–H and O–H groups in total. The predicted molar refractivity (Wildman–Crippen MR) is 89.2 cm³/mol. The molecule has 1 aromatic heterocycles. The van der Waals surface area contributed by atoms with Crippen LogP contribution in [-0.4, -0.2) is 23.0 Å². The number of hydrogen-bond acceptors (Lipinski definition) is 3. The van der Waals surface area contributed by atoms with Gasteiger partial charge in [0.2, 0.25) is 0 Å². The van der Waals surface area contributed by atoms with E-state index in [4.69, 9.17) is 0 Å². The molecule has 1 aliphatic heterocycles. The largest absolute Gasteiger partial charge is 0.307 e. The number of nitrogens with zero attached hydrogens (tertiary/aromatic N) is 1. The van der Waals surface area contributed by atoms with Crippen molar-refractivity contribution in [1.82, 2.24) is 10.2 Å². The summed E-state index contributed by atoms with van der Waals surface area (Å²) >= 11 is 1.97. The maximum atomic E-state index is 3.57. The molecule has 1 fully saturated rings. The summed E-state index contributed by atoms with van der Waals surface area (Å²) in [6.07, 6.45) is 2.74. The molecule has 0 radical (unpaired) electrons. The molecule has 2 unspecified atom stereocenters. The van der Waals surface area contributed by atoms with Gasteiger partial charge >= 0.3 is 0 Å². The SMILES string of the molecule is CC1CCC(C)N(Cc2ccc(CNC(C)(C)C)s2)C1. The molecular formula is C17H30N2S. The number of nitrogens with one attached hydrogen (secondary N) is 1. The normalized spacial score (nSPS) is 25.1. The van der Waals surface area contributed by atoms with Crippen LogP contribution in [0.1, 0.15) is 57.2 Å². The van der Waals surface area contributed by atoms with E-state index in [1.807, 2.05) is 11.3 Å². The van der Waals surface area contributed by atoms with E-state index < -0.39 is 0 Å². The van der Waals surface area contributed by atoms with Crippen LogP contribution in [0, 0.1) is 5.92 Å². The molecule has 2 atom stereocenters. The zero-order valence-electron chi connectivity index (χ0n) is 13.7. The van der Waals surface area contributed by atoms with Crippen LogP contribution in [0.3, 0.4) is 0 Å². The minimum atomic E-state index is 0.195. The topological polar surface area (TPSA) is 15.3 Å². The van der Waals surface area contributed by atoms with Crippen molar-refractivity contribution < 1.29 is 0 Å². The monoisotopic (exact) mass is 294 g/mol. The van der Waals surface area contributed by atoms with Crippen LogP contribution < -0.4 is 5.32 Å². The molecule has 2 heterocycles. The molecule has 2 nitrogen and oxygen atoms in total. The van der Waals surface area contributed by atoms with E-state index in [2.05, 4.69) is 57.0 Å². The van der Waals surface area contributed by atoms with Crippen LogP contribution in [0.15, 0.2) is 12.1 Å². The molecule has 2 rings (SSSR count). The van der Waals surface area contributed by atoms with Crippen LogP contribution in [0.4, 0.5) is 0 Å². The minimum Gasteiger partial charge on any atom is -0.307 e. The van der Waals surface area contributed by atoms with Crippen molar-refractivity contribution in [1.29, 1.82) is 0 Å². The number of piperidine rings is 1. The first-order chi connectivity index (χ1) is 9.33. The molecule has 1 aromatic rings. The third-order valence-electron chi connectivity index (χ3n) is 4.12. The van der Waals surface area contributed by atoms with Crippen LogP contribution >= 0.6 is 11.3 Å². The molecule has 0 aromatic carbocycles. The summed E-state index contributed by atoms with van der Waals surface area (Å²) in [5.74, 6) is 0.855. The maximum Gasteiger partial charge on any atom is 0.0330 e. The zero-order valence-corrected chi connectivity index (χ0v) is 14.5. The fourth-order valence-electron chi connectivity index (χ4n) is 2.75. The summed E-state index contributed by atoms with van der Waals surface area (Å²) in [6.45, 7) is 14.8. The van der Waals surface area contributed by atoms with Gasteiger partial charge in [0, 0.05) is 41.0 Å². The lowest BCUT2D eigenvalue weighted by Crippen LogP contribution is -2.40. The van der Waals surface area contributed by atoms with Gasteiger partial charge in [0.25, 0.3) is 0 Å². The predicted octanol–water partition coefficient (Wildman–Crippen LogP) is 4.26. The van der Waals surface area contributed by atoms with E-state index in [0.29, 0.717) is 0 Å². The first-order valence-electron chi connectivity index (χ1n) is 7.90. The van der Waals surface area contributed by atoms with Crippen molar-refractivity contribution >= 4 is 11.3 Å². The van der Waals surface area contributed by atoms with Gasteiger partial charge in [-0.2, -0.15) is 0 Å². The molecule has 3 heteroatoms. The second-order valence-electron chi connectivity index (χ2n) is 7.43. The Bertz CT molecular complexity index is 419. The van der Waals surface area contributed by atoms with Gasteiger partial charge < -0.3 is 5.32 Å². The highest BCUT2D eigenvalue weighted by molar-refractivity contribution is 7.11. The molecule has 1 saturated heterocycles. The first kappa shape index (κ1) is 16.0. The van der Waals surface area contributed by atoms with Gasteiger partial charge in [-0.3, -0.25) is 4.90 Å². The smallest absolute Gasteiger partial charge is 0.0330 e. The molecule has 20 heavy (non-hydrogen) atoms. The molecule has 114 valence electrons. The highest BCUT2D eigenvalue weighted by Gasteiger charge is 2.23. The fraction of sp³-hybridized carbons (Fsp3) is 0.765. The lowest BCUT2D eigenvalue weighted by Gasteiger charge is -2.36. The number of rotatable bonds is 4. The molecule has 0 spiro atoms. The number of thiophene rings is 1. The van der Waals surface area contributed by atoms with E-state index >= 15 is 0 Å². The Hall–Kier alpha value is -0.380. The number of likely N-dealkylation sites (tertiary alicyclic amines) is 1. The van der Waals surface area contributed by atoms with E-state index in [0.717, 1.165) is 25.0 Å². The first-order valence-corrected chi connectivity index (χ1v) is 8.72. The second-order valence-corrected chi connectivity index (χ2v) is 8.69. The van der Waals surface area contributed by atoms with Gasteiger partial charge in [0.1, 0.15) is 0 Å². The highest BCUT2D eigenvalue weighted by Crippen LogP contribution is 2.26. The fourth-order valence-corrected chi connectivity index (χ4v) is 3.74. The van der Waals surface area contributed by atoms with Crippen LogP contribution in [-0.2, 0) is 13.1 Å². The molecular weight excluding hydrogens is 264 g/mol. The Kier molecular flexibility index (Phi) is 5.27. The van der Waals surface area contributed by atoms with Crippen molar-refractivity contribution in [2.45, 2.75) is 72.1 Å². The summed E-state index contributed by atoms with van der Waals surface area (Å²) in [5.41, 5.74) is 0.195. The van der Waals surface area contributed by atoms with Crippen LogP contribution in [0.5, 0.6) is 0 Å². The Balaban J connectivity index is 1.89. The van der Waals surface area contributed by atoms with Crippen molar-refractivity contribution in [3.8, 4) is 0 Å². The molecule has 0 bridgehead atoms. The minimum absolute atomic E-state index is 0.195. The summed E-state index contributed by atoms with van der Waals surface area (Å²) in [7, 11) is 0. The average Bonchev–Trinajstić information content (AvgIpc) is 2.78. The molecule has 0 aliphatic carbocycles. The summed E-state index contributed by atoms with van der Waals surface area (Å²) in [5, 5.41) is 3.57. The second kappa shape index (κ2) is 6.59. The Morgan fingerprint density at radius 3 is 2.60 bits per heavy atom. The van der Waals surface area contributed by atoms with Gasteiger partial charge in [-0.05, 0) is 58.6 Å². The van der Waals surface area contributed by atoms with E-state index in [-0.39, 0.29) is 5.54 Å². The van der Waals surface area contributed by atoms with Gasteiger partial charge in [0.15, 0.2) is 0 Å². The molecule has 1 aliphatic rings. The van der Waals surface area contributed by atoms with E-state index in [1.165, 1.54) is 29.1 Å². The summed E-state index contributed by atoms with van der Waals surface area (Å²) in [4.78, 5) is 5.62. The highest BCUT2D eigenvalue weighted by atomic mass is 32.1. The summed E-state index contributed by atoms with van der Waals surface area (Å²) < 4.78 is 0. The zero-order chi connectivity index (χ0) is 14.8. The van der Waals surface area contributed by atoms with Crippen molar-refractivity contribution in [2.75, 3.05) is 6.54 Å². The third-order valence-corrected chi connectivity index (χ3v) is 5.19. The lowest BCUT2D eigenvalue weighted by atomic mass is 9.95. The van der Waals surface area contributed by atoms with Crippen molar-refractivity contribution in [3.63, 3.8) is 0 Å². The Labute approximate surface area is 128 Å².